The van der Waals surface area contributed by atoms with Crippen LogP contribution in [0.2, 0.25) is 0 Å². The van der Waals surface area contributed by atoms with Crippen LogP contribution in [0.5, 0.6) is 0 Å². The largest absolute Gasteiger partial charge is 0.330 e. The summed E-state index contributed by atoms with van der Waals surface area (Å²) in [5, 5.41) is 0. The molecule has 0 aromatic carbocycles. The second kappa shape index (κ2) is 6.12. The number of hydrogen-bond donors (Lipinski definition) is 1. The summed E-state index contributed by atoms with van der Waals surface area (Å²) in [5.74, 6) is 2.01. The Balaban J connectivity index is 2.26. The fourth-order valence-electron chi connectivity index (χ4n) is 2.16. The Hall–Kier alpha value is 0.270. The van der Waals surface area contributed by atoms with Crippen LogP contribution in [-0.2, 0) is 0 Å². The van der Waals surface area contributed by atoms with Gasteiger partial charge >= 0.3 is 0 Å². The first kappa shape index (κ1) is 13.3. The molecule has 0 amide bonds. The average Bonchev–Trinajstić information content (AvgIpc) is 2.18. The molecule has 15 heavy (non-hydrogen) atoms. The highest BCUT2D eigenvalue weighted by Gasteiger charge is 2.26. The standard InChI is InChI=1S/C12H26N2S/c1-4-11(9-13)5-6-14-7-8-15-12(2,3)10-14/h11H,4-10,13H2,1-3H3. The van der Waals surface area contributed by atoms with Crippen LogP contribution in [0.25, 0.3) is 0 Å². The summed E-state index contributed by atoms with van der Waals surface area (Å²) in [6.07, 6.45) is 2.50. The van der Waals surface area contributed by atoms with Crippen molar-refractivity contribution in [2.45, 2.75) is 38.4 Å². The van der Waals surface area contributed by atoms with E-state index in [1.54, 1.807) is 0 Å². The van der Waals surface area contributed by atoms with Crippen LogP contribution in [0.3, 0.4) is 0 Å². The molecule has 0 aromatic heterocycles. The monoisotopic (exact) mass is 230 g/mol. The normalized spacial score (nSPS) is 24.0. The Morgan fingerprint density at radius 3 is 2.73 bits per heavy atom. The van der Waals surface area contributed by atoms with Crippen molar-refractivity contribution in [3.05, 3.63) is 0 Å². The van der Waals surface area contributed by atoms with Crippen molar-refractivity contribution in [1.82, 2.24) is 4.90 Å². The maximum Gasteiger partial charge on any atom is 0.0231 e. The molecule has 1 atom stereocenters. The van der Waals surface area contributed by atoms with Crippen LogP contribution in [0.1, 0.15) is 33.6 Å². The van der Waals surface area contributed by atoms with Gasteiger partial charge in [-0.05, 0) is 39.3 Å². The third-order valence-corrected chi connectivity index (χ3v) is 4.57. The minimum Gasteiger partial charge on any atom is -0.330 e. The second-order valence-electron chi connectivity index (χ2n) is 5.18. The number of rotatable bonds is 5. The van der Waals surface area contributed by atoms with Gasteiger partial charge in [-0.15, -0.1) is 0 Å². The molecule has 90 valence electrons. The SMILES string of the molecule is CCC(CN)CCN1CCSC(C)(C)C1. The Morgan fingerprint density at radius 1 is 1.47 bits per heavy atom. The summed E-state index contributed by atoms with van der Waals surface area (Å²) < 4.78 is 0.447. The zero-order valence-corrected chi connectivity index (χ0v) is 11.3. The van der Waals surface area contributed by atoms with Crippen LogP contribution < -0.4 is 5.73 Å². The minimum atomic E-state index is 0.447. The molecule has 1 unspecified atom stereocenters. The number of nitrogens with two attached hydrogens (primary N) is 1. The van der Waals surface area contributed by atoms with Crippen LogP contribution >= 0.6 is 11.8 Å². The fourth-order valence-corrected chi connectivity index (χ4v) is 3.33. The lowest BCUT2D eigenvalue weighted by Gasteiger charge is -2.38. The molecule has 1 fully saturated rings. The Kier molecular flexibility index (Phi) is 5.44. The third kappa shape index (κ3) is 4.75. The third-order valence-electron chi connectivity index (χ3n) is 3.27. The maximum atomic E-state index is 5.73. The molecule has 0 radical (unpaired) electrons. The molecule has 0 spiro atoms. The topological polar surface area (TPSA) is 29.3 Å². The maximum absolute atomic E-state index is 5.73. The van der Waals surface area contributed by atoms with Crippen molar-refractivity contribution in [3.8, 4) is 0 Å². The summed E-state index contributed by atoms with van der Waals surface area (Å²) in [7, 11) is 0. The average molecular weight is 230 g/mol. The van der Waals surface area contributed by atoms with Gasteiger partial charge < -0.3 is 10.6 Å². The zero-order valence-electron chi connectivity index (χ0n) is 10.5. The van der Waals surface area contributed by atoms with Crippen molar-refractivity contribution < 1.29 is 0 Å². The molecule has 1 aliphatic rings. The molecule has 0 bridgehead atoms. The lowest BCUT2D eigenvalue weighted by molar-refractivity contribution is 0.240. The van der Waals surface area contributed by atoms with E-state index in [2.05, 4.69) is 37.4 Å². The van der Waals surface area contributed by atoms with E-state index in [0.29, 0.717) is 4.75 Å². The highest BCUT2D eigenvalue weighted by atomic mass is 32.2. The van der Waals surface area contributed by atoms with Gasteiger partial charge in [0, 0.05) is 23.6 Å². The molecular weight excluding hydrogens is 204 g/mol. The van der Waals surface area contributed by atoms with Gasteiger partial charge in [-0.3, -0.25) is 0 Å². The smallest absolute Gasteiger partial charge is 0.0231 e. The van der Waals surface area contributed by atoms with E-state index < -0.39 is 0 Å². The summed E-state index contributed by atoms with van der Waals surface area (Å²) in [4.78, 5) is 2.61. The minimum absolute atomic E-state index is 0.447. The van der Waals surface area contributed by atoms with Gasteiger partial charge in [0.05, 0.1) is 0 Å². The highest BCUT2D eigenvalue weighted by molar-refractivity contribution is 8.00. The molecule has 0 aromatic rings. The van der Waals surface area contributed by atoms with Gasteiger partial charge in [0.2, 0.25) is 0 Å². The van der Waals surface area contributed by atoms with Crippen molar-refractivity contribution in [3.63, 3.8) is 0 Å². The molecular formula is C12H26N2S. The van der Waals surface area contributed by atoms with Gasteiger partial charge in [0.25, 0.3) is 0 Å². The van der Waals surface area contributed by atoms with Crippen LogP contribution in [0, 0.1) is 5.92 Å². The molecule has 1 rings (SSSR count). The molecule has 2 nitrogen and oxygen atoms in total. The highest BCUT2D eigenvalue weighted by Crippen LogP contribution is 2.29. The van der Waals surface area contributed by atoms with Gasteiger partial charge in [-0.1, -0.05) is 13.3 Å². The fraction of sp³-hybridized carbons (Fsp3) is 1.00. The lowest BCUT2D eigenvalue weighted by atomic mass is 10.0. The first-order valence-corrected chi connectivity index (χ1v) is 7.12. The summed E-state index contributed by atoms with van der Waals surface area (Å²) in [6, 6.07) is 0. The lowest BCUT2D eigenvalue weighted by Crippen LogP contribution is -2.43. The first-order chi connectivity index (χ1) is 7.07. The van der Waals surface area contributed by atoms with E-state index in [0.717, 1.165) is 12.5 Å². The van der Waals surface area contributed by atoms with Crippen molar-refractivity contribution in [2.75, 3.05) is 31.9 Å². The van der Waals surface area contributed by atoms with Gasteiger partial charge in [0.1, 0.15) is 0 Å². The number of thioether (sulfide) groups is 1. The van der Waals surface area contributed by atoms with Crippen molar-refractivity contribution in [2.24, 2.45) is 11.7 Å². The van der Waals surface area contributed by atoms with Gasteiger partial charge in [0.15, 0.2) is 0 Å². The van der Waals surface area contributed by atoms with Crippen LogP contribution in [-0.4, -0.2) is 41.6 Å². The summed E-state index contributed by atoms with van der Waals surface area (Å²) in [6.45, 7) is 11.5. The molecule has 1 aliphatic heterocycles. The van der Waals surface area contributed by atoms with Crippen molar-refractivity contribution in [1.29, 1.82) is 0 Å². The summed E-state index contributed by atoms with van der Waals surface area (Å²) >= 11 is 2.10. The molecule has 0 aliphatic carbocycles. The van der Waals surface area contributed by atoms with E-state index in [9.17, 15) is 0 Å². The van der Waals surface area contributed by atoms with E-state index in [4.69, 9.17) is 5.73 Å². The number of nitrogens with zero attached hydrogens (tertiary/aromatic N) is 1. The molecule has 1 saturated heterocycles. The quantitative estimate of drug-likeness (QED) is 0.785. The predicted molar refractivity (Wildman–Crippen MR) is 70.4 cm³/mol. The summed E-state index contributed by atoms with van der Waals surface area (Å²) in [5.41, 5.74) is 5.73. The van der Waals surface area contributed by atoms with Crippen LogP contribution in [0.15, 0.2) is 0 Å². The van der Waals surface area contributed by atoms with E-state index in [1.165, 1.54) is 38.2 Å². The first-order valence-electron chi connectivity index (χ1n) is 6.14. The van der Waals surface area contributed by atoms with E-state index in [1.807, 2.05) is 0 Å². The van der Waals surface area contributed by atoms with E-state index >= 15 is 0 Å². The Bertz CT molecular complexity index is 178. The Labute approximate surface area is 99.0 Å². The number of hydrogen-bond acceptors (Lipinski definition) is 3. The van der Waals surface area contributed by atoms with Crippen molar-refractivity contribution >= 4 is 11.8 Å². The second-order valence-corrected chi connectivity index (χ2v) is 6.99. The zero-order chi connectivity index (χ0) is 11.3. The molecule has 3 heteroatoms. The van der Waals surface area contributed by atoms with E-state index in [-0.39, 0.29) is 0 Å². The predicted octanol–water partition coefficient (Wildman–Crippen LogP) is 2.19. The Morgan fingerprint density at radius 2 is 2.20 bits per heavy atom. The van der Waals surface area contributed by atoms with Gasteiger partial charge in [-0.25, -0.2) is 0 Å². The van der Waals surface area contributed by atoms with Gasteiger partial charge in [-0.2, -0.15) is 11.8 Å². The molecule has 0 saturated carbocycles. The van der Waals surface area contributed by atoms with Crippen LogP contribution in [0.4, 0.5) is 0 Å². The molecule has 1 heterocycles. The molecule has 2 N–H and O–H groups in total.